The number of nitrogens with one attached hydrogen (secondary N) is 1. The average molecular weight is 228 g/mol. The van der Waals surface area contributed by atoms with Crippen molar-refractivity contribution >= 4 is 17.3 Å². The van der Waals surface area contributed by atoms with Crippen LogP contribution in [0, 0.1) is 6.92 Å². The Balaban J connectivity index is 2.82. The van der Waals surface area contributed by atoms with Crippen molar-refractivity contribution in [2.45, 2.75) is 39.3 Å². The Kier molecular flexibility index (Phi) is 3.63. The predicted molar refractivity (Wildman–Crippen MR) is 65.6 cm³/mol. The molecule has 0 amide bonds. The Morgan fingerprint density at radius 2 is 2.00 bits per heavy atom. The lowest BCUT2D eigenvalue weighted by Gasteiger charge is -2.28. The van der Waals surface area contributed by atoms with Gasteiger partial charge in [0.05, 0.1) is 22.4 Å². The summed E-state index contributed by atoms with van der Waals surface area (Å²) in [6.45, 7) is 7.46. The van der Waals surface area contributed by atoms with Crippen LogP contribution < -0.4 is 5.32 Å². The molecule has 0 spiro atoms. The zero-order valence-electron chi connectivity index (χ0n) is 9.63. The summed E-state index contributed by atoms with van der Waals surface area (Å²) in [6.07, 6.45) is 0. The molecule has 0 aromatic heterocycles. The van der Waals surface area contributed by atoms with E-state index in [0.717, 1.165) is 11.3 Å². The van der Waals surface area contributed by atoms with Crippen molar-refractivity contribution in [2.24, 2.45) is 0 Å². The molecule has 1 atom stereocenters. The molecule has 0 aliphatic carbocycles. The Labute approximate surface area is 96.3 Å². The second-order valence-corrected chi connectivity index (χ2v) is 4.91. The van der Waals surface area contributed by atoms with Crippen molar-refractivity contribution in [1.82, 2.24) is 0 Å². The predicted octanol–water partition coefficient (Wildman–Crippen LogP) is 3.22. The highest BCUT2D eigenvalue weighted by molar-refractivity contribution is 6.33. The van der Waals surface area contributed by atoms with Gasteiger partial charge in [0.1, 0.15) is 0 Å². The fourth-order valence-corrected chi connectivity index (χ4v) is 1.44. The van der Waals surface area contributed by atoms with E-state index in [1.54, 1.807) is 13.8 Å². The molecule has 0 aliphatic rings. The highest BCUT2D eigenvalue weighted by Gasteiger charge is 2.22. The van der Waals surface area contributed by atoms with Crippen LogP contribution in [-0.2, 0) is 0 Å². The van der Waals surface area contributed by atoms with Crippen LogP contribution in [-0.4, -0.2) is 16.7 Å². The number of aliphatic hydroxyl groups is 1. The van der Waals surface area contributed by atoms with Gasteiger partial charge in [-0.25, -0.2) is 0 Å². The van der Waals surface area contributed by atoms with Gasteiger partial charge in [-0.15, -0.1) is 0 Å². The second-order valence-electron chi connectivity index (χ2n) is 4.50. The maximum Gasteiger partial charge on any atom is 0.0789 e. The van der Waals surface area contributed by atoms with Gasteiger partial charge in [-0.05, 0) is 45.4 Å². The molecule has 15 heavy (non-hydrogen) atoms. The summed E-state index contributed by atoms with van der Waals surface area (Å²) in [5.41, 5.74) is 1.21. The first-order valence-electron chi connectivity index (χ1n) is 5.06. The molecule has 1 unspecified atom stereocenters. The van der Waals surface area contributed by atoms with E-state index in [2.05, 4.69) is 5.32 Å². The molecule has 0 heterocycles. The molecular formula is C12H18ClNO. The first-order valence-corrected chi connectivity index (χ1v) is 5.43. The molecule has 1 aromatic carbocycles. The smallest absolute Gasteiger partial charge is 0.0789 e. The van der Waals surface area contributed by atoms with Crippen LogP contribution in [0.4, 0.5) is 5.69 Å². The highest BCUT2D eigenvalue weighted by atomic mass is 35.5. The molecule has 0 radical (unpaired) electrons. The van der Waals surface area contributed by atoms with Gasteiger partial charge in [-0.3, -0.25) is 0 Å². The lowest BCUT2D eigenvalue weighted by Crippen LogP contribution is -2.39. The largest absolute Gasteiger partial charge is 0.388 e. The van der Waals surface area contributed by atoms with Crippen molar-refractivity contribution in [2.75, 3.05) is 5.32 Å². The third-order valence-corrected chi connectivity index (χ3v) is 2.87. The van der Waals surface area contributed by atoms with E-state index in [1.165, 1.54) is 0 Å². The zero-order valence-corrected chi connectivity index (χ0v) is 10.4. The molecule has 1 rings (SSSR count). The Morgan fingerprint density at radius 3 is 2.47 bits per heavy atom. The van der Waals surface area contributed by atoms with E-state index in [9.17, 15) is 5.11 Å². The standard InChI is InChI=1S/C12H18ClNO/c1-8-5-6-11(10(13)7-8)14-9(2)12(3,4)15/h5-7,9,14-15H,1-4H3. The third kappa shape index (κ3) is 3.40. The van der Waals surface area contributed by atoms with Crippen LogP contribution in [0.2, 0.25) is 5.02 Å². The van der Waals surface area contributed by atoms with Crippen LogP contribution in [0.5, 0.6) is 0 Å². The van der Waals surface area contributed by atoms with Crippen molar-refractivity contribution < 1.29 is 5.11 Å². The quantitative estimate of drug-likeness (QED) is 0.831. The van der Waals surface area contributed by atoms with Crippen molar-refractivity contribution in [3.8, 4) is 0 Å². The lowest BCUT2D eigenvalue weighted by molar-refractivity contribution is 0.0649. The minimum Gasteiger partial charge on any atom is -0.388 e. The van der Waals surface area contributed by atoms with E-state index in [0.29, 0.717) is 5.02 Å². The number of hydrogen-bond acceptors (Lipinski definition) is 2. The van der Waals surface area contributed by atoms with Gasteiger partial charge in [0.25, 0.3) is 0 Å². The minimum atomic E-state index is -0.770. The molecule has 2 N–H and O–H groups in total. The second kappa shape index (κ2) is 4.42. The summed E-state index contributed by atoms with van der Waals surface area (Å²) >= 11 is 6.08. The van der Waals surface area contributed by atoms with Crippen LogP contribution in [0.1, 0.15) is 26.3 Å². The van der Waals surface area contributed by atoms with E-state index < -0.39 is 5.60 Å². The monoisotopic (exact) mass is 227 g/mol. The zero-order chi connectivity index (χ0) is 11.6. The molecule has 0 bridgehead atoms. The fraction of sp³-hybridized carbons (Fsp3) is 0.500. The van der Waals surface area contributed by atoms with Crippen molar-refractivity contribution in [3.63, 3.8) is 0 Å². The Bertz CT molecular complexity index is 344. The third-order valence-electron chi connectivity index (χ3n) is 2.56. The van der Waals surface area contributed by atoms with Crippen LogP contribution >= 0.6 is 11.6 Å². The topological polar surface area (TPSA) is 32.3 Å². The molecule has 3 heteroatoms. The number of benzene rings is 1. The highest BCUT2D eigenvalue weighted by Crippen LogP contribution is 2.25. The average Bonchev–Trinajstić information content (AvgIpc) is 2.08. The minimum absolute atomic E-state index is 0.0577. The molecular weight excluding hydrogens is 210 g/mol. The Morgan fingerprint density at radius 1 is 1.40 bits per heavy atom. The van der Waals surface area contributed by atoms with Crippen molar-refractivity contribution in [3.05, 3.63) is 28.8 Å². The number of aryl methyl sites for hydroxylation is 1. The summed E-state index contributed by atoms with van der Waals surface area (Å²) in [6, 6.07) is 5.77. The maximum absolute atomic E-state index is 9.79. The van der Waals surface area contributed by atoms with Gasteiger partial charge < -0.3 is 10.4 Å². The summed E-state index contributed by atoms with van der Waals surface area (Å²) in [7, 11) is 0. The molecule has 2 nitrogen and oxygen atoms in total. The number of rotatable bonds is 3. The van der Waals surface area contributed by atoms with Gasteiger partial charge >= 0.3 is 0 Å². The molecule has 0 aliphatic heterocycles. The van der Waals surface area contributed by atoms with Gasteiger partial charge in [0, 0.05) is 0 Å². The van der Waals surface area contributed by atoms with Crippen LogP contribution in [0.15, 0.2) is 18.2 Å². The van der Waals surface area contributed by atoms with Crippen LogP contribution in [0.3, 0.4) is 0 Å². The normalized spacial score (nSPS) is 13.7. The van der Waals surface area contributed by atoms with E-state index in [-0.39, 0.29) is 6.04 Å². The van der Waals surface area contributed by atoms with Gasteiger partial charge in [0.2, 0.25) is 0 Å². The fourth-order valence-electron chi connectivity index (χ4n) is 1.15. The molecule has 1 aromatic rings. The first-order chi connectivity index (χ1) is 6.80. The van der Waals surface area contributed by atoms with Crippen molar-refractivity contribution in [1.29, 1.82) is 0 Å². The molecule has 0 fully saturated rings. The first kappa shape index (κ1) is 12.3. The summed E-state index contributed by atoms with van der Waals surface area (Å²) in [5.74, 6) is 0. The number of anilines is 1. The summed E-state index contributed by atoms with van der Waals surface area (Å²) in [4.78, 5) is 0. The number of halogens is 1. The Hall–Kier alpha value is -0.730. The van der Waals surface area contributed by atoms with E-state index in [1.807, 2.05) is 32.0 Å². The van der Waals surface area contributed by atoms with Gasteiger partial charge in [-0.1, -0.05) is 17.7 Å². The van der Waals surface area contributed by atoms with E-state index in [4.69, 9.17) is 11.6 Å². The molecule has 0 saturated carbocycles. The summed E-state index contributed by atoms with van der Waals surface area (Å²) in [5, 5.41) is 13.7. The lowest BCUT2D eigenvalue weighted by atomic mass is 10.0. The van der Waals surface area contributed by atoms with Gasteiger partial charge in [0.15, 0.2) is 0 Å². The van der Waals surface area contributed by atoms with Crippen LogP contribution in [0.25, 0.3) is 0 Å². The molecule has 0 saturated heterocycles. The summed E-state index contributed by atoms with van der Waals surface area (Å²) < 4.78 is 0. The number of hydrogen-bond donors (Lipinski definition) is 2. The SMILES string of the molecule is Cc1ccc(NC(C)C(C)(C)O)c(Cl)c1. The molecule has 84 valence electrons. The van der Waals surface area contributed by atoms with Gasteiger partial charge in [-0.2, -0.15) is 0 Å². The van der Waals surface area contributed by atoms with E-state index >= 15 is 0 Å². The maximum atomic E-state index is 9.79.